The number of aliphatic hydroxyl groups is 2. The lowest BCUT2D eigenvalue weighted by atomic mass is 9.87. The van der Waals surface area contributed by atoms with Crippen molar-refractivity contribution >= 4 is 11.2 Å². The van der Waals surface area contributed by atoms with Crippen molar-refractivity contribution in [1.82, 2.24) is 19.5 Å². The van der Waals surface area contributed by atoms with Crippen LogP contribution in [0.15, 0.2) is 12.7 Å². The molecule has 1 saturated carbocycles. The van der Waals surface area contributed by atoms with Crippen molar-refractivity contribution in [3.63, 3.8) is 0 Å². The molecular weight excluding hydrogens is 393 g/mol. The molecule has 160 valence electrons. The Morgan fingerprint density at radius 1 is 1.14 bits per heavy atom. The van der Waals surface area contributed by atoms with Gasteiger partial charge >= 0.3 is 6.18 Å². The summed E-state index contributed by atoms with van der Waals surface area (Å²) in [7, 11) is 0. The second-order valence-corrected chi connectivity index (χ2v) is 7.68. The first-order valence-electron chi connectivity index (χ1n) is 9.62. The summed E-state index contributed by atoms with van der Waals surface area (Å²) < 4.78 is 51.3. The maximum absolute atomic E-state index is 12.8. The molecule has 11 heteroatoms. The molecule has 0 bridgehead atoms. The van der Waals surface area contributed by atoms with Gasteiger partial charge in [0.1, 0.15) is 24.1 Å². The van der Waals surface area contributed by atoms with E-state index in [4.69, 9.17) is 9.47 Å². The summed E-state index contributed by atoms with van der Waals surface area (Å²) in [5.74, 6) is -1.25. The van der Waals surface area contributed by atoms with Crippen molar-refractivity contribution in [3.8, 4) is 0 Å². The number of aromatic nitrogens is 4. The Morgan fingerprint density at radius 2 is 1.86 bits per heavy atom. The van der Waals surface area contributed by atoms with Gasteiger partial charge in [0.05, 0.1) is 36.8 Å². The van der Waals surface area contributed by atoms with Gasteiger partial charge in [-0.15, -0.1) is 0 Å². The normalized spacial score (nSPS) is 33.4. The van der Waals surface area contributed by atoms with E-state index in [9.17, 15) is 23.4 Å². The minimum Gasteiger partial charge on any atom is -0.388 e. The van der Waals surface area contributed by atoms with Gasteiger partial charge in [-0.05, 0) is 32.6 Å². The Balaban J connectivity index is 1.44. The number of imidazole rings is 1. The maximum Gasteiger partial charge on any atom is 0.391 e. The number of hydrogen-bond donors (Lipinski definition) is 2. The van der Waals surface area contributed by atoms with Gasteiger partial charge in [0.2, 0.25) is 0 Å². The van der Waals surface area contributed by atoms with E-state index in [1.165, 1.54) is 17.2 Å². The summed E-state index contributed by atoms with van der Waals surface area (Å²) in [5, 5.41) is 20.1. The highest BCUT2D eigenvalue weighted by Gasteiger charge is 2.43. The van der Waals surface area contributed by atoms with Crippen LogP contribution in [-0.4, -0.2) is 60.3 Å². The predicted octanol–water partition coefficient (Wildman–Crippen LogP) is 2.10. The zero-order valence-electron chi connectivity index (χ0n) is 15.8. The number of ether oxygens (including phenoxy) is 2. The molecule has 2 aromatic heterocycles. The molecule has 1 aliphatic carbocycles. The van der Waals surface area contributed by atoms with Gasteiger partial charge in [0.25, 0.3) is 0 Å². The minimum atomic E-state index is -4.14. The Hall–Kier alpha value is -1.82. The summed E-state index contributed by atoms with van der Waals surface area (Å²) >= 11 is 0. The molecule has 2 aromatic rings. The molecule has 2 fully saturated rings. The lowest BCUT2D eigenvalue weighted by Gasteiger charge is -2.29. The van der Waals surface area contributed by atoms with Gasteiger partial charge in [-0.25, -0.2) is 15.0 Å². The fraction of sp³-hybridized carbons (Fsp3) is 0.722. The standard InChI is InChI=1S/C18H23F3N4O4/c1-9-14(26)15(27)17(29-9)25-8-24-13-12(22-7-23-16(13)25)6-28-11-4-2-10(3-5-11)18(19,20)21/h7-11,14-15,17,26-27H,2-6H2,1H3/t9-,10?,11?,14-,15-,17-/m1/s1. The first-order valence-corrected chi connectivity index (χ1v) is 9.62. The monoisotopic (exact) mass is 416 g/mol. The van der Waals surface area contributed by atoms with E-state index in [0.29, 0.717) is 29.7 Å². The van der Waals surface area contributed by atoms with Crippen molar-refractivity contribution in [1.29, 1.82) is 0 Å². The van der Waals surface area contributed by atoms with Crippen LogP contribution in [-0.2, 0) is 16.1 Å². The van der Waals surface area contributed by atoms with Crippen molar-refractivity contribution in [2.24, 2.45) is 5.92 Å². The van der Waals surface area contributed by atoms with E-state index in [1.54, 1.807) is 6.92 Å². The van der Waals surface area contributed by atoms with Gasteiger partial charge in [-0.2, -0.15) is 13.2 Å². The van der Waals surface area contributed by atoms with E-state index in [2.05, 4.69) is 15.0 Å². The van der Waals surface area contributed by atoms with Crippen LogP contribution >= 0.6 is 0 Å². The first kappa shape index (κ1) is 20.5. The molecule has 29 heavy (non-hydrogen) atoms. The summed E-state index contributed by atoms with van der Waals surface area (Å²) in [6.45, 7) is 1.76. The molecule has 8 nitrogen and oxygen atoms in total. The number of hydrogen-bond acceptors (Lipinski definition) is 7. The van der Waals surface area contributed by atoms with E-state index >= 15 is 0 Å². The Bertz CT molecular complexity index is 853. The number of fused-ring (bicyclic) bond motifs is 1. The highest BCUT2D eigenvalue weighted by atomic mass is 19.4. The van der Waals surface area contributed by atoms with E-state index in [-0.39, 0.29) is 25.6 Å². The molecule has 0 spiro atoms. The molecule has 3 heterocycles. The quantitative estimate of drug-likeness (QED) is 0.787. The van der Waals surface area contributed by atoms with E-state index in [1.807, 2.05) is 0 Å². The summed E-state index contributed by atoms with van der Waals surface area (Å²) in [4.78, 5) is 12.7. The molecule has 4 rings (SSSR count). The third kappa shape index (κ3) is 3.96. The lowest BCUT2D eigenvalue weighted by molar-refractivity contribution is -0.188. The molecular formula is C18H23F3N4O4. The average Bonchev–Trinajstić information content (AvgIpc) is 3.23. The third-order valence-electron chi connectivity index (χ3n) is 5.78. The predicted molar refractivity (Wildman–Crippen MR) is 93.5 cm³/mol. The lowest BCUT2D eigenvalue weighted by Crippen LogP contribution is -2.30. The van der Waals surface area contributed by atoms with Gasteiger partial charge < -0.3 is 19.7 Å². The van der Waals surface area contributed by atoms with Crippen LogP contribution in [0.2, 0.25) is 0 Å². The fourth-order valence-corrected chi connectivity index (χ4v) is 4.00. The Kier molecular flexibility index (Phi) is 5.49. The van der Waals surface area contributed by atoms with Crippen LogP contribution < -0.4 is 0 Å². The zero-order chi connectivity index (χ0) is 20.8. The fourth-order valence-electron chi connectivity index (χ4n) is 4.00. The first-order chi connectivity index (χ1) is 13.8. The zero-order valence-corrected chi connectivity index (χ0v) is 15.8. The number of halogens is 3. The molecule has 2 aliphatic rings. The third-order valence-corrected chi connectivity index (χ3v) is 5.78. The molecule has 0 amide bonds. The highest BCUT2D eigenvalue weighted by Crippen LogP contribution is 2.38. The largest absolute Gasteiger partial charge is 0.391 e. The Labute approximate surface area is 164 Å². The van der Waals surface area contributed by atoms with E-state index < -0.39 is 36.6 Å². The number of alkyl halides is 3. The van der Waals surface area contributed by atoms with Crippen LogP contribution in [0.4, 0.5) is 13.2 Å². The van der Waals surface area contributed by atoms with Gasteiger partial charge in [0.15, 0.2) is 11.9 Å². The number of aliphatic hydroxyl groups excluding tert-OH is 2. The van der Waals surface area contributed by atoms with Crippen LogP contribution in [0, 0.1) is 5.92 Å². The van der Waals surface area contributed by atoms with Crippen molar-refractivity contribution in [2.45, 2.75) is 76.0 Å². The molecule has 0 unspecified atom stereocenters. The van der Waals surface area contributed by atoms with Crippen molar-refractivity contribution in [3.05, 3.63) is 18.3 Å². The van der Waals surface area contributed by atoms with Crippen LogP contribution in [0.5, 0.6) is 0 Å². The van der Waals surface area contributed by atoms with Crippen LogP contribution in [0.1, 0.15) is 44.5 Å². The van der Waals surface area contributed by atoms with Crippen molar-refractivity contribution in [2.75, 3.05) is 0 Å². The van der Waals surface area contributed by atoms with Gasteiger partial charge in [-0.1, -0.05) is 0 Å². The average molecular weight is 416 g/mol. The second-order valence-electron chi connectivity index (χ2n) is 7.68. The molecule has 4 atom stereocenters. The summed E-state index contributed by atoms with van der Waals surface area (Å²) in [5.41, 5.74) is 1.39. The number of nitrogens with zero attached hydrogens (tertiary/aromatic N) is 4. The van der Waals surface area contributed by atoms with Crippen LogP contribution in [0.3, 0.4) is 0 Å². The maximum atomic E-state index is 12.8. The summed E-state index contributed by atoms with van der Waals surface area (Å²) in [6.07, 6.45) is -4.28. The smallest absolute Gasteiger partial charge is 0.388 e. The molecule has 1 saturated heterocycles. The molecule has 2 N–H and O–H groups in total. The minimum absolute atomic E-state index is 0.0688. The van der Waals surface area contributed by atoms with Crippen molar-refractivity contribution < 1.29 is 32.9 Å². The summed E-state index contributed by atoms with van der Waals surface area (Å²) in [6, 6.07) is 0. The SMILES string of the molecule is C[C@H]1O[C@@H](n2cnc3c(COC4CCC(C(F)(F)F)CC4)ncnc32)[C@H](O)[C@@H]1O. The molecule has 1 aliphatic heterocycles. The number of rotatable bonds is 4. The Morgan fingerprint density at radius 3 is 2.48 bits per heavy atom. The second kappa shape index (κ2) is 7.78. The van der Waals surface area contributed by atoms with E-state index in [0.717, 1.165) is 0 Å². The van der Waals surface area contributed by atoms with Gasteiger partial charge in [-0.3, -0.25) is 4.57 Å². The molecule has 0 radical (unpaired) electrons. The van der Waals surface area contributed by atoms with Crippen LogP contribution in [0.25, 0.3) is 11.2 Å². The topological polar surface area (TPSA) is 103 Å². The molecule has 0 aromatic carbocycles. The van der Waals surface area contributed by atoms with Gasteiger partial charge in [0, 0.05) is 0 Å². The highest BCUT2D eigenvalue weighted by molar-refractivity contribution is 5.73.